The summed E-state index contributed by atoms with van der Waals surface area (Å²) in [5.41, 5.74) is 2.21. The Hall–Kier alpha value is -2.55. The van der Waals surface area contributed by atoms with E-state index in [2.05, 4.69) is 15.3 Å². The van der Waals surface area contributed by atoms with Gasteiger partial charge in [0.25, 0.3) is 5.91 Å². The molecule has 1 N–H and O–H groups in total. The van der Waals surface area contributed by atoms with Crippen molar-refractivity contribution in [3.05, 3.63) is 98.8 Å². The second-order valence-corrected chi connectivity index (χ2v) is 9.90. The highest BCUT2D eigenvalue weighted by Gasteiger charge is 2.59. The Morgan fingerprint density at radius 3 is 2.47 bits per heavy atom. The molecule has 2 aromatic carbocycles. The number of thioether (sulfide) groups is 1. The number of aryl methyl sites for hydroxylation is 1. The van der Waals surface area contributed by atoms with Crippen molar-refractivity contribution < 1.29 is 18.0 Å². The molecule has 1 aliphatic heterocycles. The summed E-state index contributed by atoms with van der Waals surface area (Å²) in [5.74, 6) is -0.297. The first kappa shape index (κ1) is 24.6. The Balaban J connectivity index is 1.56. The van der Waals surface area contributed by atoms with Gasteiger partial charge in [-0.15, -0.1) is 0 Å². The molecule has 0 spiro atoms. The highest BCUT2D eigenvalue weighted by Crippen LogP contribution is 2.54. The van der Waals surface area contributed by atoms with Crippen LogP contribution in [0.4, 0.5) is 13.2 Å². The summed E-state index contributed by atoms with van der Waals surface area (Å²) < 4.78 is 40.6. The minimum absolute atomic E-state index is 0.0523. The van der Waals surface area contributed by atoms with Gasteiger partial charge in [-0.2, -0.15) is 13.2 Å². The second-order valence-electron chi connectivity index (χ2n) is 7.74. The first-order chi connectivity index (χ1) is 16.1. The van der Waals surface area contributed by atoms with Gasteiger partial charge in [-0.3, -0.25) is 14.8 Å². The van der Waals surface area contributed by atoms with Crippen LogP contribution < -0.4 is 5.32 Å². The van der Waals surface area contributed by atoms with Crippen molar-refractivity contribution in [3.8, 4) is 0 Å². The normalized spacial score (nSPS) is 18.0. The van der Waals surface area contributed by atoms with Gasteiger partial charge in [-0.25, -0.2) is 0 Å². The first-order valence-electron chi connectivity index (χ1n) is 10.1. The van der Waals surface area contributed by atoms with E-state index in [0.29, 0.717) is 34.1 Å². The van der Waals surface area contributed by atoms with E-state index in [1.807, 2.05) is 6.07 Å². The van der Waals surface area contributed by atoms with Crippen molar-refractivity contribution in [3.63, 3.8) is 0 Å². The molecule has 1 atom stereocenters. The van der Waals surface area contributed by atoms with Crippen LogP contribution in [0.5, 0.6) is 0 Å². The van der Waals surface area contributed by atoms with Gasteiger partial charge in [-0.05, 0) is 60.5 Å². The molecule has 176 valence electrons. The van der Waals surface area contributed by atoms with Crippen LogP contribution in [0.25, 0.3) is 0 Å². The third-order valence-electron chi connectivity index (χ3n) is 5.38. The SMILES string of the molecule is Cc1cc(C2=NCC(c3cc(Cl)cc(Cl)c3)(C(F)(F)F)S2)ccc1C(=O)NCc1ccccn1. The molecule has 3 aromatic rings. The predicted molar refractivity (Wildman–Crippen MR) is 130 cm³/mol. The summed E-state index contributed by atoms with van der Waals surface area (Å²) >= 11 is 12.6. The molecule has 0 saturated heterocycles. The second kappa shape index (κ2) is 9.60. The molecule has 0 fully saturated rings. The van der Waals surface area contributed by atoms with Crippen LogP contribution in [-0.4, -0.2) is 28.7 Å². The van der Waals surface area contributed by atoms with Gasteiger partial charge in [0.2, 0.25) is 0 Å². The quantitative estimate of drug-likeness (QED) is 0.411. The van der Waals surface area contributed by atoms with Gasteiger partial charge in [0.15, 0.2) is 4.75 Å². The van der Waals surface area contributed by atoms with Crippen molar-refractivity contribution in [2.24, 2.45) is 4.99 Å². The van der Waals surface area contributed by atoms with E-state index in [-0.39, 0.29) is 33.1 Å². The van der Waals surface area contributed by atoms with E-state index in [1.54, 1.807) is 43.5 Å². The minimum Gasteiger partial charge on any atom is -0.346 e. The van der Waals surface area contributed by atoms with Crippen molar-refractivity contribution in [1.82, 2.24) is 10.3 Å². The molecular formula is C24H18Cl2F3N3OS. The lowest BCUT2D eigenvalue weighted by Gasteiger charge is -2.30. The smallest absolute Gasteiger partial charge is 0.346 e. The molecule has 1 aliphatic rings. The highest BCUT2D eigenvalue weighted by atomic mass is 35.5. The third kappa shape index (κ3) is 4.94. The standard InChI is InChI=1S/C24H18Cl2F3N3OS/c1-14-8-15(5-6-20(14)21(33)31-12-19-4-2-3-7-30-19)22-32-13-23(34-22,24(27,28)29)16-9-17(25)11-18(26)10-16/h2-11H,12-13H2,1H3,(H,31,33). The number of benzene rings is 2. The number of carbonyl (C=O) groups is 1. The van der Waals surface area contributed by atoms with Crippen molar-refractivity contribution in [2.45, 2.75) is 24.4 Å². The summed E-state index contributed by atoms with van der Waals surface area (Å²) in [6, 6.07) is 14.2. The number of aliphatic imine (C=N–C) groups is 1. The number of rotatable bonds is 5. The topological polar surface area (TPSA) is 54.4 Å². The molecular weight excluding hydrogens is 506 g/mol. The number of halogens is 5. The number of hydrogen-bond acceptors (Lipinski definition) is 4. The van der Waals surface area contributed by atoms with Gasteiger partial charge in [0, 0.05) is 27.4 Å². The lowest BCUT2D eigenvalue weighted by atomic mass is 9.97. The van der Waals surface area contributed by atoms with Gasteiger partial charge in [0.05, 0.1) is 23.8 Å². The summed E-state index contributed by atoms with van der Waals surface area (Å²) in [7, 11) is 0. The Morgan fingerprint density at radius 2 is 1.85 bits per heavy atom. The van der Waals surface area contributed by atoms with Crippen LogP contribution in [0.1, 0.15) is 32.7 Å². The van der Waals surface area contributed by atoms with Gasteiger partial charge >= 0.3 is 6.18 Å². The minimum atomic E-state index is -4.60. The fourth-order valence-corrected chi connectivity index (χ4v) is 5.34. The number of pyridine rings is 1. The van der Waals surface area contributed by atoms with Gasteiger partial charge in [-0.1, -0.05) is 47.1 Å². The number of amides is 1. The lowest BCUT2D eigenvalue weighted by molar-refractivity contribution is -0.158. The number of aromatic nitrogens is 1. The number of carbonyl (C=O) groups excluding carboxylic acids is 1. The lowest BCUT2D eigenvalue weighted by Crippen LogP contribution is -2.40. The molecule has 4 nitrogen and oxygen atoms in total. The summed E-state index contributed by atoms with van der Waals surface area (Å²) in [5, 5.41) is 3.28. The van der Waals surface area contributed by atoms with E-state index in [9.17, 15) is 18.0 Å². The highest BCUT2D eigenvalue weighted by molar-refractivity contribution is 8.15. The van der Waals surface area contributed by atoms with E-state index in [1.165, 1.54) is 18.2 Å². The fraction of sp³-hybridized carbons (Fsp3) is 0.208. The molecule has 1 aromatic heterocycles. The van der Waals surface area contributed by atoms with Crippen molar-refractivity contribution >= 4 is 45.9 Å². The largest absolute Gasteiger partial charge is 0.409 e. The molecule has 0 aliphatic carbocycles. The van der Waals surface area contributed by atoms with Crippen LogP contribution in [0.15, 0.2) is 65.8 Å². The van der Waals surface area contributed by atoms with Crippen molar-refractivity contribution in [1.29, 1.82) is 0 Å². The maximum atomic E-state index is 14.3. The summed E-state index contributed by atoms with van der Waals surface area (Å²) in [6.45, 7) is 1.49. The Kier molecular flexibility index (Phi) is 6.94. The molecule has 4 rings (SSSR count). The average molecular weight is 524 g/mol. The number of alkyl halides is 3. The van der Waals surface area contributed by atoms with Gasteiger partial charge < -0.3 is 5.32 Å². The van der Waals surface area contributed by atoms with Crippen LogP contribution >= 0.6 is 35.0 Å². The average Bonchev–Trinajstić information content (AvgIpc) is 3.25. The zero-order chi connectivity index (χ0) is 24.5. The summed E-state index contributed by atoms with van der Waals surface area (Å²) in [4.78, 5) is 21.0. The van der Waals surface area contributed by atoms with Crippen LogP contribution in [0, 0.1) is 6.92 Å². The van der Waals surface area contributed by atoms with Gasteiger partial charge in [0.1, 0.15) is 0 Å². The van der Waals surface area contributed by atoms with E-state index < -0.39 is 17.5 Å². The number of nitrogens with one attached hydrogen (secondary N) is 1. The molecule has 0 saturated carbocycles. The molecule has 34 heavy (non-hydrogen) atoms. The monoisotopic (exact) mass is 523 g/mol. The van der Waals surface area contributed by atoms with E-state index >= 15 is 0 Å². The van der Waals surface area contributed by atoms with Crippen LogP contribution in [-0.2, 0) is 11.3 Å². The third-order valence-corrected chi connectivity index (χ3v) is 7.32. The molecule has 0 radical (unpaired) electrons. The molecule has 1 amide bonds. The maximum absolute atomic E-state index is 14.3. The Bertz CT molecular complexity index is 1250. The Morgan fingerprint density at radius 1 is 1.12 bits per heavy atom. The number of hydrogen-bond donors (Lipinski definition) is 1. The predicted octanol–water partition coefficient (Wildman–Crippen LogP) is 6.58. The summed E-state index contributed by atoms with van der Waals surface area (Å²) in [6.07, 6.45) is -2.96. The molecule has 10 heteroatoms. The zero-order valence-corrected chi connectivity index (χ0v) is 20.1. The van der Waals surface area contributed by atoms with Crippen LogP contribution in [0.2, 0.25) is 10.0 Å². The first-order valence-corrected chi connectivity index (χ1v) is 11.7. The molecule has 0 bridgehead atoms. The van der Waals surface area contributed by atoms with E-state index in [0.717, 1.165) is 0 Å². The fourth-order valence-electron chi connectivity index (χ4n) is 3.63. The zero-order valence-electron chi connectivity index (χ0n) is 17.8. The van der Waals surface area contributed by atoms with Crippen molar-refractivity contribution in [2.75, 3.05) is 6.54 Å². The van der Waals surface area contributed by atoms with E-state index in [4.69, 9.17) is 23.2 Å². The van der Waals surface area contributed by atoms with Crippen LogP contribution in [0.3, 0.4) is 0 Å². The maximum Gasteiger partial charge on any atom is 0.409 e. The molecule has 1 unspecified atom stereocenters. The molecule has 2 heterocycles. The Labute approximate surface area is 208 Å². The number of nitrogens with zero attached hydrogens (tertiary/aromatic N) is 2.